The number of benzene rings is 2. The Kier molecular flexibility index (Phi) is 5.09. The van der Waals surface area contributed by atoms with Crippen LogP contribution in [0.5, 0.6) is 0 Å². The number of nitrogens with one attached hydrogen (secondary N) is 1. The summed E-state index contributed by atoms with van der Waals surface area (Å²) >= 11 is 14.3. The van der Waals surface area contributed by atoms with Crippen molar-refractivity contribution in [2.24, 2.45) is 0 Å². The molecule has 1 aliphatic rings. The minimum Gasteiger partial charge on any atom is -0.349 e. The van der Waals surface area contributed by atoms with E-state index < -0.39 is 11.8 Å². The standard InChI is InChI=1S/C18H13Cl2IN2O2/c1-9-8-12(21)4-5-13(9)22-16-15(20)17(24)23(18(16)25)14-6-3-11(19)7-10(14)2/h3-8,22H,1-2H3. The van der Waals surface area contributed by atoms with Crippen LogP contribution in [0.4, 0.5) is 11.4 Å². The Hall–Kier alpha value is -1.57. The fourth-order valence-corrected chi connectivity index (χ4v) is 3.69. The lowest BCUT2D eigenvalue weighted by atomic mass is 10.2. The van der Waals surface area contributed by atoms with Crippen LogP contribution in [0.3, 0.4) is 0 Å². The van der Waals surface area contributed by atoms with Gasteiger partial charge in [-0.05, 0) is 84.0 Å². The molecule has 0 radical (unpaired) electrons. The molecule has 1 aliphatic heterocycles. The van der Waals surface area contributed by atoms with Gasteiger partial charge in [-0.25, -0.2) is 4.90 Å². The van der Waals surface area contributed by atoms with Crippen molar-refractivity contribution in [3.8, 4) is 0 Å². The molecule has 128 valence electrons. The zero-order chi connectivity index (χ0) is 18.3. The molecule has 1 N–H and O–H groups in total. The fraction of sp³-hybridized carbons (Fsp3) is 0.111. The number of anilines is 2. The summed E-state index contributed by atoms with van der Waals surface area (Å²) in [4.78, 5) is 26.4. The molecular formula is C18H13Cl2IN2O2. The van der Waals surface area contributed by atoms with Crippen molar-refractivity contribution in [1.29, 1.82) is 0 Å². The number of imide groups is 1. The number of amides is 2. The smallest absolute Gasteiger partial charge is 0.283 e. The molecule has 0 bridgehead atoms. The second-order valence-electron chi connectivity index (χ2n) is 5.65. The quantitative estimate of drug-likeness (QED) is 0.490. The molecule has 0 saturated heterocycles. The third-order valence-corrected chi connectivity index (χ3v) is 5.13. The van der Waals surface area contributed by atoms with Gasteiger partial charge in [0, 0.05) is 14.3 Å². The topological polar surface area (TPSA) is 49.4 Å². The lowest BCUT2D eigenvalue weighted by Crippen LogP contribution is -2.32. The maximum Gasteiger partial charge on any atom is 0.283 e. The normalized spacial score (nSPS) is 14.5. The molecule has 0 atom stereocenters. The number of rotatable bonds is 3. The van der Waals surface area contributed by atoms with Crippen LogP contribution in [0.25, 0.3) is 0 Å². The predicted octanol–water partition coefficient (Wildman–Crippen LogP) is 5.00. The second-order valence-corrected chi connectivity index (χ2v) is 7.71. The average Bonchev–Trinajstić information content (AvgIpc) is 2.74. The zero-order valence-corrected chi connectivity index (χ0v) is 17.0. The Balaban J connectivity index is 1.96. The maximum absolute atomic E-state index is 12.8. The highest BCUT2D eigenvalue weighted by Gasteiger charge is 2.39. The Morgan fingerprint density at radius 3 is 2.32 bits per heavy atom. The SMILES string of the molecule is Cc1cc(I)ccc1NC1=C(Cl)C(=O)N(c2ccc(Cl)cc2C)C1=O. The van der Waals surface area contributed by atoms with Crippen molar-refractivity contribution < 1.29 is 9.59 Å². The summed E-state index contributed by atoms with van der Waals surface area (Å²) in [5, 5.41) is 3.41. The van der Waals surface area contributed by atoms with E-state index in [0.29, 0.717) is 16.3 Å². The van der Waals surface area contributed by atoms with Crippen LogP contribution in [0.2, 0.25) is 5.02 Å². The molecule has 0 unspecified atom stereocenters. The van der Waals surface area contributed by atoms with Crippen LogP contribution in [0, 0.1) is 17.4 Å². The van der Waals surface area contributed by atoms with E-state index in [4.69, 9.17) is 23.2 Å². The first kappa shape index (κ1) is 18.2. The third-order valence-electron chi connectivity index (χ3n) is 3.88. The van der Waals surface area contributed by atoms with Crippen molar-refractivity contribution in [3.63, 3.8) is 0 Å². The maximum atomic E-state index is 12.8. The van der Waals surface area contributed by atoms with E-state index in [-0.39, 0.29) is 10.7 Å². The van der Waals surface area contributed by atoms with Gasteiger partial charge in [0.1, 0.15) is 10.7 Å². The van der Waals surface area contributed by atoms with E-state index in [1.807, 2.05) is 25.1 Å². The number of aryl methyl sites for hydroxylation is 2. The summed E-state index contributed by atoms with van der Waals surface area (Å²) in [6, 6.07) is 10.7. The predicted molar refractivity (Wildman–Crippen MR) is 109 cm³/mol. The first-order valence-electron chi connectivity index (χ1n) is 7.37. The summed E-state index contributed by atoms with van der Waals surface area (Å²) in [6.07, 6.45) is 0. The average molecular weight is 487 g/mol. The molecule has 2 aromatic carbocycles. The van der Waals surface area contributed by atoms with Crippen LogP contribution >= 0.6 is 45.8 Å². The molecule has 0 aliphatic carbocycles. The van der Waals surface area contributed by atoms with Crippen molar-refractivity contribution in [3.05, 3.63) is 66.8 Å². The molecule has 3 rings (SSSR count). The van der Waals surface area contributed by atoms with Gasteiger partial charge in [0.2, 0.25) is 0 Å². The van der Waals surface area contributed by atoms with Crippen molar-refractivity contribution in [2.45, 2.75) is 13.8 Å². The summed E-state index contributed by atoms with van der Waals surface area (Å²) in [7, 11) is 0. The van der Waals surface area contributed by atoms with E-state index in [1.54, 1.807) is 25.1 Å². The largest absolute Gasteiger partial charge is 0.349 e. The Labute approximate surface area is 168 Å². The Bertz CT molecular complexity index is 941. The number of hydrogen-bond donors (Lipinski definition) is 1. The summed E-state index contributed by atoms with van der Waals surface area (Å²) < 4.78 is 1.08. The Morgan fingerprint density at radius 2 is 1.68 bits per heavy atom. The van der Waals surface area contributed by atoms with E-state index in [1.165, 1.54) is 0 Å². The van der Waals surface area contributed by atoms with Gasteiger partial charge in [-0.15, -0.1) is 0 Å². The van der Waals surface area contributed by atoms with Crippen LogP contribution < -0.4 is 10.2 Å². The molecule has 7 heteroatoms. The van der Waals surface area contributed by atoms with Gasteiger partial charge >= 0.3 is 0 Å². The summed E-state index contributed by atoms with van der Waals surface area (Å²) in [5.74, 6) is -1.04. The van der Waals surface area contributed by atoms with Crippen LogP contribution in [0.1, 0.15) is 11.1 Å². The molecule has 0 fully saturated rings. The van der Waals surface area contributed by atoms with Gasteiger partial charge in [-0.2, -0.15) is 0 Å². The second kappa shape index (κ2) is 6.97. The minimum atomic E-state index is -0.553. The third kappa shape index (κ3) is 3.41. The monoisotopic (exact) mass is 486 g/mol. The molecule has 2 amide bonds. The molecule has 2 aromatic rings. The number of carbonyl (C=O) groups is 2. The number of carbonyl (C=O) groups excluding carboxylic acids is 2. The lowest BCUT2D eigenvalue weighted by molar-refractivity contribution is -0.120. The van der Waals surface area contributed by atoms with Gasteiger partial charge in [-0.1, -0.05) is 23.2 Å². The summed E-state index contributed by atoms with van der Waals surface area (Å²) in [6.45, 7) is 3.70. The number of nitrogens with zero attached hydrogens (tertiary/aromatic N) is 1. The van der Waals surface area contributed by atoms with Gasteiger partial charge < -0.3 is 5.32 Å². The fourth-order valence-electron chi connectivity index (χ4n) is 2.60. The first-order chi connectivity index (χ1) is 11.8. The van der Waals surface area contributed by atoms with Crippen LogP contribution in [-0.4, -0.2) is 11.8 Å². The highest BCUT2D eigenvalue weighted by Crippen LogP contribution is 2.33. The minimum absolute atomic E-state index is 0.0744. The number of halogens is 3. The molecule has 25 heavy (non-hydrogen) atoms. The molecule has 1 heterocycles. The highest BCUT2D eigenvalue weighted by atomic mass is 127. The van der Waals surface area contributed by atoms with Gasteiger partial charge in [0.05, 0.1) is 5.69 Å². The number of hydrogen-bond acceptors (Lipinski definition) is 3. The molecular weight excluding hydrogens is 474 g/mol. The molecule has 4 nitrogen and oxygen atoms in total. The van der Waals surface area contributed by atoms with Crippen molar-refractivity contribution >= 4 is 69.0 Å². The Morgan fingerprint density at radius 1 is 0.960 bits per heavy atom. The molecule has 0 aromatic heterocycles. The van der Waals surface area contributed by atoms with Crippen molar-refractivity contribution in [2.75, 3.05) is 10.2 Å². The van der Waals surface area contributed by atoms with Gasteiger partial charge in [-0.3, -0.25) is 9.59 Å². The van der Waals surface area contributed by atoms with Crippen LogP contribution in [-0.2, 0) is 9.59 Å². The van der Waals surface area contributed by atoms with Crippen molar-refractivity contribution in [1.82, 2.24) is 0 Å². The van der Waals surface area contributed by atoms with Gasteiger partial charge in [0.15, 0.2) is 0 Å². The highest BCUT2D eigenvalue weighted by molar-refractivity contribution is 14.1. The van der Waals surface area contributed by atoms with E-state index >= 15 is 0 Å². The van der Waals surface area contributed by atoms with Gasteiger partial charge in [0.25, 0.3) is 11.8 Å². The van der Waals surface area contributed by atoms with E-state index in [2.05, 4.69) is 27.9 Å². The zero-order valence-electron chi connectivity index (χ0n) is 13.4. The first-order valence-corrected chi connectivity index (χ1v) is 9.21. The molecule has 0 saturated carbocycles. The summed E-state index contributed by atoms with van der Waals surface area (Å²) in [5.41, 5.74) is 2.93. The molecule has 0 spiro atoms. The van der Waals surface area contributed by atoms with E-state index in [9.17, 15) is 9.59 Å². The lowest BCUT2D eigenvalue weighted by Gasteiger charge is -2.18. The van der Waals surface area contributed by atoms with E-state index in [0.717, 1.165) is 19.7 Å². The van der Waals surface area contributed by atoms with Crippen LogP contribution in [0.15, 0.2) is 47.1 Å².